The van der Waals surface area contributed by atoms with Gasteiger partial charge in [-0.15, -0.1) is 0 Å². The number of ketones is 1. The van der Waals surface area contributed by atoms with Crippen LogP contribution in [0.1, 0.15) is 37.0 Å². The van der Waals surface area contributed by atoms with Crippen molar-refractivity contribution < 1.29 is 14.4 Å². The fraction of sp³-hybridized carbons (Fsp3) is 0.400. The third-order valence-electron chi connectivity index (χ3n) is 3.33. The molecule has 1 aliphatic heterocycles. The Balaban J connectivity index is 2.10. The highest BCUT2D eigenvalue weighted by Crippen LogP contribution is 2.31. The number of carbonyl (C=O) groups is 3. The maximum atomic E-state index is 12.1. The highest BCUT2D eigenvalue weighted by atomic mass is 127. The third kappa shape index (κ3) is 3.45. The van der Waals surface area contributed by atoms with Gasteiger partial charge < -0.3 is 0 Å². The first-order valence-electron chi connectivity index (χ1n) is 6.40. The molecule has 0 unspecified atom stereocenters. The molecule has 0 saturated carbocycles. The lowest BCUT2D eigenvalue weighted by Crippen LogP contribution is -2.48. The van der Waals surface area contributed by atoms with Crippen LogP contribution in [0.2, 0.25) is 0 Å². The lowest BCUT2D eigenvalue weighted by molar-refractivity contribution is -0.151. The van der Waals surface area contributed by atoms with Crippen LogP contribution < -0.4 is 0 Å². The number of Topliss-reactive ketones (excluding diaryl/α,β-unsaturated/α-hetero) is 1. The van der Waals surface area contributed by atoms with Crippen LogP contribution in [0.15, 0.2) is 24.3 Å². The van der Waals surface area contributed by atoms with E-state index in [1.807, 2.05) is 26.0 Å². The minimum absolute atomic E-state index is 0.158. The van der Waals surface area contributed by atoms with Gasteiger partial charge >= 0.3 is 0 Å². The summed E-state index contributed by atoms with van der Waals surface area (Å²) in [6.45, 7) is 3.62. The Bertz CT molecular complexity index is 543. The van der Waals surface area contributed by atoms with Crippen molar-refractivity contribution in [2.24, 2.45) is 5.41 Å². The Labute approximate surface area is 131 Å². The van der Waals surface area contributed by atoms with Crippen molar-refractivity contribution >= 4 is 40.2 Å². The van der Waals surface area contributed by atoms with E-state index >= 15 is 0 Å². The van der Waals surface area contributed by atoms with E-state index in [0.717, 1.165) is 8.47 Å². The topological polar surface area (TPSA) is 54.5 Å². The van der Waals surface area contributed by atoms with Gasteiger partial charge in [0.2, 0.25) is 11.8 Å². The van der Waals surface area contributed by atoms with Crippen molar-refractivity contribution in [2.75, 3.05) is 6.54 Å². The fourth-order valence-electron chi connectivity index (χ4n) is 2.26. The predicted molar refractivity (Wildman–Crippen MR) is 83.2 cm³/mol. The maximum absolute atomic E-state index is 12.1. The third-order valence-corrected chi connectivity index (χ3v) is 4.05. The van der Waals surface area contributed by atoms with E-state index in [2.05, 4.69) is 22.6 Å². The van der Waals surface area contributed by atoms with Crippen molar-refractivity contribution in [1.29, 1.82) is 0 Å². The number of nitrogens with zero attached hydrogens (tertiary/aromatic N) is 1. The van der Waals surface area contributed by atoms with Crippen LogP contribution in [-0.4, -0.2) is 29.0 Å². The number of hydrogen-bond acceptors (Lipinski definition) is 3. The molecule has 2 rings (SSSR count). The van der Waals surface area contributed by atoms with Gasteiger partial charge in [-0.1, -0.05) is 26.0 Å². The molecule has 0 N–H and O–H groups in total. The summed E-state index contributed by atoms with van der Waals surface area (Å²) >= 11 is 2.16. The highest BCUT2D eigenvalue weighted by Gasteiger charge is 2.38. The highest BCUT2D eigenvalue weighted by molar-refractivity contribution is 14.1. The molecule has 0 bridgehead atoms. The summed E-state index contributed by atoms with van der Waals surface area (Å²) in [5, 5.41) is 0. The molecule has 20 heavy (non-hydrogen) atoms. The second-order valence-corrected chi connectivity index (χ2v) is 7.07. The quantitative estimate of drug-likeness (QED) is 0.457. The van der Waals surface area contributed by atoms with Crippen LogP contribution in [0.25, 0.3) is 0 Å². The van der Waals surface area contributed by atoms with Crippen LogP contribution in [0.4, 0.5) is 0 Å². The van der Waals surface area contributed by atoms with E-state index in [0.29, 0.717) is 18.4 Å². The Morgan fingerprint density at radius 3 is 2.15 bits per heavy atom. The number of halogens is 1. The fourth-order valence-corrected chi connectivity index (χ4v) is 2.62. The zero-order valence-corrected chi connectivity index (χ0v) is 13.6. The molecule has 4 nitrogen and oxygen atoms in total. The largest absolute Gasteiger partial charge is 0.292 e. The number of likely N-dealkylation sites (tertiary alicyclic amines) is 1. The van der Waals surface area contributed by atoms with Gasteiger partial charge in [-0.25, -0.2) is 0 Å². The monoisotopic (exact) mass is 385 g/mol. The summed E-state index contributed by atoms with van der Waals surface area (Å²) in [5.74, 6) is -0.724. The van der Waals surface area contributed by atoms with Crippen LogP contribution in [0, 0.1) is 8.99 Å². The minimum atomic E-state index is -0.309. The van der Waals surface area contributed by atoms with Crippen molar-refractivity contribution in [3.05, 3.63) is 33.4 Å². The number of hydrogen-bond donors (Lipinski definition) is 0. The lowest BCUT2D eigenvalue weighted by Gasteiger charge is -2.34. The standard InChI is InChI=1S/C15H16INO3/c1-15(2)7-13(19)17(14(20)8-15)9-12(18)10-3-5-11(16)6-4-10/h3-6H,7-9H2,1-2H3. The molecule has 106 valence electrons. The van der Waals surface area contributed by atoms with Gasteiger partial charge in [0.25, 0.3) is 0 Å². The number of rotatable bonds is 3. The Morgan fingerprint density at radius 1 is 1.15 bits per heavy atom. The van der Waals surface area contributed by atoms with Crippen molar-refractivity contribution in [1.82, 2.24) is 4.90 Å². The molecule has 2 amide bonds. The Morgan fingerprint density at radius 2 is 1.65 bits per heavy atom. The summed E-state index contributed by atoms with van der Waals surface area (Å²) in [7, 11) is 0. The van der Waals surface area contributed by atoms with E-state index in [9.17, 15) is 14.4 Å². The molecule has 0 atom stereocenters. The summed E-state index contributed by atoms with van der Waals surface area (Å²) in [4.78, 5) is 37.2. The van der Waals surface area contributed by atoms with Crippen molar-refractivity contribution in [3.8, 4) is 0 Å². The van der Waals surface area contributed by atoms with Gasteiger partial charge in [0, 0.05) is 22.0 Å². The molecule has 1 saturated heterocycles. The molecule has 0 radical (unpaired) electrons. The van der Waals surface area contributed by atoms with Crippen molar-refractivity contribution in [3.63, 3.8) is 0 Å². The zero-order valence-electron chi connectivity index (χ0n) is 11.5. The lowest BCUT2D eigenvalue weighted by atomic mass is 9.81. The average Bonchev–Trinajstić information content (AvgIpc) is 2.33. The first kappa shape index (κ1) is 15.2. The summed E-state index contributed by atoms with van der Waals surface area (Å²) in [6.07, 6.45) is 0.609. The van der Waals surface area contributed by atoms with Crippen LogP contribution in [0.3, 0.4) is 0 Å². The predicted octanol–water partition coefficient (Wildman–Crippen LogP) is 2.65. The number of carbonyl (C=O) groups excluding carboxylic acids is 3. The molecule has 0 aliphatic carbocycles. The molecular weight excluding hydrogens is 369 g/mol. The van der Waals surface area contributed by atoms with Crippen LogP contribution in [-0.2, 0) is 9.59 Å². The normalized spacial score (nSPS) is 18.2. The molecule has 5 heteroatoms. The second-order valence-electron chi connectivity index (χ2n) is 5.82. The summed E-state index contributed by atoms with van der Waals surface area (Å²) < 4.78 is 1.03. The number of imide groups is 1. The van der Waals surface area contributed by atoms with E-state index in [1.165, 1.54) is 0 Å². The smallest absolute Gasteiger partial charge is 0.230 e. The second kappa shape index (κ2) is 5.63. The molecular formula is C15H16INO3. The van der Waals surface area contributed by atoms with Gasteiger partial charge in [0.15, 0.2) is 5.78 Å². The Kier molecular flexibility index (Phi) is 4.27. The molecule has 1 aromatic carbocycles. The maximum Gasteiger partial charge on any atom is 0.230 e. The molecule has 1 aliphatic rings. The van der Waals surface area contributed by atoms with E-state index < -0.39 is 0 Å². The number of benzene rings is 1. The first-order chi connectivity index (χ1) is 9.28. The van der Waals surface area contributed by atoms with Gasteiger partial charge in [0.1, 0.15) is 0 Å². The molecule has 1 aromatic rings. The van der Waals surface area contributed by atoms with Gasteiger partial charge in [-0.3, -0.25) is 19.3 Å². The van der Waals surface area contributed by atoms with Gasteiger partial charge in [-0.2, -0.15) is 0 Å². The molecule has 0 aromatic heterocycles. The molecule has 0 spiro atoms. The van der Waals surface area contributed by atoms with E-state index in [-0.39, 0.29) is 29.6 Å². The van der Waals surface area contributed by atoms with Crippen LogP contribution >= 0.6 is 22.6 Å². The molecule has 1 fully saturated rings. The SMILES string of the molecule is CC1(C)CC(=O)N(CC(=O)c2ccc(I)cc2)C(=O)C1. The van der Waals surface area contributed by atoms with E-state index in [1.54, 1.807) is 12.1 Å². The number of piperidine rings is 1. The molecule has 1 heterocycles. The van der Waals surface area contributed by atoms with Gasteiger partial charge in [0.05, 0.1) is 6.54 Å². The first-order valence-corrected chi connectivity index (χ1v) is 7.48. The van der Waals surface area contributed by atoms with Crippen LogP contribution in [0.5, 0.6) is 0 Å². The van der Waals surface area contributed by atoms with E-state index in [4.69, 9.17) is 0 Å². The number of amides is 2. The average molecular weight is 385 g/mol. The minimum Gasteiger partial charge on any atom is -0.292 e. The summed E-state index contributed by atoms with van der Waals surface area (Å²) in [6, 6.07) is 7.09. The summed E-state index contributed by atoms with van der Waals surface area (Å²) in [5.41, 5.74) is 0.215. The zero-order chi connectivity index (χ0) is 14.9. The Hall–Kier alpha value is -1.24. The van der Waals surface area contributed by atoms with Crippen molar-refractivity contribution in [2.45, 2.75) is 26.7 Å². The van der Waals surface area contributed by atoms with Gasteiger partial charge in [-0.05, 0) is 40.1 Å².